The van der Waals surface area contributed by atoms with Crippen molar-refractivity contribution in [2.75, 3.05) is 11.4 Å². The first-order chi connectivity index (χ1) is 13.7. The summed E-state index contributed by atoms with van der Waals surface area (Å²) in [6.45, 7) is 6.45. The van der Waals surface area contributed by atoms with Gasteiger partial charge in [-0.2, -0.15) is 18.3 Å². The molecule has 0 bridgehead atoms. The normalized spacial score (nSPS) is 16.5. The zero-order valence-electron chi connectivity index (χ0n) is 16.4. The molecule has 1 atom stereocenters. The van der Waals surface area contributed by atoms with Crippen molar-refractivity contribution in [3.8, 4) is 11.3 Å². The summed E-state index contributed by atoms with van der Waals surface area (Å²) < 4.78 is 41.1. The molecule has 5 nitrogen and oxygen atoms in total. The molecule has 0 N–H and O–H groups in total. The molecule has 0 saturated carbocycles. The summed E-state index contributed by atoms with van der Waals surface area (Å²) in [4.78, 5) is 18.0. The molecule has 0 aliphatic carbocycles. The molecule has 152 valence electrons. The van der Waals surface area contributed by atoms with Crippen molar-refractivity contribution in [1.29, 1.82) is 0 Å². The van der Waals surface area contributed by atoms with Crippen LogP contribution in [0.3, 0.4) is 0 Å². The van der Waals surface area contributed by atoms with Gasteiger partial charge in [-0.05, 0) is 44.0 Å². The van der Waals surface area contributed by atoms with Crippen molar-refractivity contribution in [1.82, 2.24) is 14.8 Å². The molecule has 4 rings (SSSR count). The van der Waals surface area contributed by atoms with Crippen LogP contribution in [0.25, 0.3) is 22.3 Å². The van der Waals surface area contributed by atoms with Gasteiger partial charge in [0.05, 0.1) is 24.3 Å². The summed E-state index contributed by atoms with van der Waals surface area (Å²) >= 11 is 0. The highest BCUT2D eigenvalue weighted by Gasteiger charge is 2.33. The Morgan fingerprint density at radius 1 is 1.24 bits per heavy atom. The number of aromatic nitrogens is 3. The molecule has 2 aromatic heterocycles. The number of carbonyl (C=O) groups is 1. The number of hydrogen-bond donors (Lipinski definition) is 0. The number of alkyl halides is 3. The lowest BCUT2D eigenvalue weighted by Crippen LogP contribution is -2.42. The van der Waals surface area contributed by atoms with E-state index >= 15 is 0 Å². The molecule has 1 aliphatic heterocycles. The number of rotatable bonds is 4. The predicted molar refractivity (Wildman–Crippen MR) is 105 cm³/mol. The molecule has 0 radical (unpaired) electrons. The van der Waals surface area contributed by atoms with Crippen molar-refractivity contribution >= 4 is 23.0 Å². The average molecular weight is 402 g/mol. The van der Waals surface area contributed by atoms with Crippen molar-refractivity contribution in [3.63, 3.8) is 0 Å². The van der Waals surface area contributed by atoms with Crippen molar-refractivity contribution < 1.29 is 18.0 Å². The van der Waals surface area contributed by atoms with Crippen LogP contribution in [0.15, 0.2) is 24.3 Å². The second-order valence-electron chi connectivity index (χ2n) is 7.42. The molecule has 1 aliphatic rings. The number of carbonyl (C=O) groups excluding carboxylic acids is 1. The Balaban J connectivity index is 1.94. The van der Waals surface area contributed by atoms with E-state index in [4.69, 9.17) is 5.10 Å². The fourth-order valence-corrected chi connectivity index (χ4v) is 4.10. The van der Waals surface area contributed by atoms with Crippen molar-refractivity contribution in [2.45, 2.75) is 46.0 Å². The number of anilines is 1. The lowest BCUT2D eigenvalue weighted by atomic mass is 10.0. The minimum absolute atomic E-state index is 0.110. The molecular formula is C21H21F3N4O. The first-order valence-electron chi connectivity index (χ1n) is 9.51. The number of halogens is 3. The standard InChI is InChI=1S/C21H21F3N4O/c1-4-15-11-28-20-17(27(15)7-8-29)10-13(3)25-19(20)18(26-28)16-6-5-14(9-12(16)2)21(22,23)24/h5-6,8-10,15H,4,7,11H2,1-3H3/t15-/m0/s1. The van der Waals surface area contributed by atoms with Gasteiger partial charge in [-0.25, -0.2) is 4.98 Å². The maximum atomic E-state index is 13.1. The predicted octanol–water partition coefficient (Wildman–Crippen LogP) is 4.53. The fraction of sp³-hybridized carbons (Fsp3) is 0.381. The number of pyridine rings is 1. The lowest BCUT2D eigenvalue weighted by molar-refractivity contribution is -0.137. The first kappa shape index (κ1) is 19.4. The Labute approximate surface area is 166 Å². The van der Waals surface area contributed by atoms with E-state index in [0.717, 1.165) is 41.7 Å². The first-order valence-corrected chi connectivity index (χ1v) is 9.51. The van der Waals surface area contributed by atoms with E-state index in [0.29, 0.717) is 28.9 Å². The van der Waals surface area contributed by atoms with Crippen LogP contribution < -0.4 is 4.90 Å². The second-order valence-corrected chi connectivity index (χ2v) is 7.42. The number of hydrogen-bond acceptors (Lipinski definition) is 4. The maximum absolute atomic E-state index is 13.1. The summed E-state index contributed by atoms with van der Waals surface area (Å²) in [6, 6.07) is 5.74. The van der Waals surface area contributed by atoms with Crippen LogP contribution >= 0.6 is 0 Å². The van der Waals surface area contributed by atoms with E-state index in [1.165, 1.54) is 6.07 Å². The molecule has 0 fully saturated rings. The Morgan fingerprint density at radius 3 is 2.62 bits per heavy atom. The van der Waals surface area contributed by atoms with E-state index in [-0.39, 0.29) is 12.6 Å². The summed E-state index contributed by atoms with van der Waals surface area (Å²) in [7, 11) is 0. The Morgan fingerprint density at radius 2 is 2.00 bits per heavy atom. The van der Waals surface area contributed by atoms with Crippen LogP contribution in [0.5, 0.6) is 0 Å². The number of aryl methyl sites for hydroxylation is 2. The summed E-state index contributed by atoms with van der Waals surface area (Å²) in [6.07, 6.45) is -2.67. The van der Waals surface area contributed by atoms with Gasteiger partial charge in [0.15, 0.2) is 0 Å². The van der Waals surface area contributed by atoms with Crippen molar-refractivity contribution in [3.05, 3.63) is 41.1 Å². The van der Waals surface area contributed by atoms with Gasteiger partial charge in [-0.15, -0.1) is 0 Å². The van der Waals surface area contributed by atoms with E-state index in [9.17, 15) is 18.0 Å². The Bertz CT molecular complexity index is 1100. The SMILES string of the molecule is CC[C@H]1Cn2nc(-c3ccc(C(F)(F)F)cc3C)c3nc(C)cc(c32)N1CC=O. The van der Waals surface area contributed by atoms with Gasteiger partial charge in [0.1, 0.15) is 23.0 Å². The zero-order chi connectivity index (χ0) is 20.9. The van der Waals surface area contributed by atoms with E-state index < -0.39 is 11.7 Å². The molecule has 0 unspecified atom stereocenters. The summed E-state index contributed by atoms with van der Waals surface area (Å²) in [5.74, 6) is 0. The van der Waals surface area contributed by atoms with E-state index in [2.05, 4.69) is 16.8 Å². The molecule has 1 aromatic carbocycles. The number of benzene rings is 1. The smallest absolute Gasteiger partial charge is 0.358 e. The maximum Gasteiger partial charge on any atom is 0.416 e. The molecule has 0 spiro atoms. The molecule has 3 heterocycles. The van der Waals surface area contributed by atoms with Gasteiger partial charge in [0.25, 0.3) is 0 Å². The van der Waals surface area contributed by atoms with Gasteiger partial charge >= 0.3 is 6.18 Å². The van der Waals surface area contributed by atoms with Gasteiger partial charge in [0, 0.05) is 17.3 Å². The van der Waals surface area contributed by atoms with Gasteiger partial charge in [-0.3, -0.25) is 4.68 Å². The van der Waals surface area contributed by atoms with E-state index in [1.54, 1.807) is 6.92 Å². The van der Waals surface area contributed by atoms with Crippen LogP contribution in [-0.2, 0) is 17.5 Å². The zero-order valence-corrected chi connectivity index (χ0v) is 16.4. The van der Waals surface area contributed by atoms with E-state index in [1.807, 2.05) is 17.7 Å². The number of aldehydes is 1. The Hall–Kier alpha value is -2.90. The minimum atomic E-state index is -4.39. The molecule has 29 heavy (non-hydrogen) atoms. The van der Waals surface area contributed by atoms with Crippen LogP contribution in [0, 0.1) is 13.8 Å². The molecule has 3 aromatic rings. The Kier molecular flexibility index (Phi) is 4.59. The molecule has 0 amide bonds. The lowest BCUT2D eigenvalue weighted by Gasteiger charge is -2.36. The average Bonchev–Trinajstić information content (AvgIpc) is 3.01. The largest absolute Gasteiger partial charge is 0.416 e. The van der Waals surface area contributed by atoms with Crippen LogP contribution in [-0.4, -0.2) is 33.6 Å². The highest BCUT2D eigenvalue weighted by atomic mass is 19.4. The fourth-order valence-electron chi connectivity index (χ4n) is 4.10. The minimum Gasteiger partial charge on any atom is -0.358 e. The van der Waals surface area contributed by atoms with Gasteiger partial charge < -0.3 is 9.69 Å². The van der Waals surface area contributed by atoms with Crippen molar-refractivity contribution in [2.24, 2.45) is 0 Å². The quantitative estimate of drug-likeness (QED) is 0.602. The summed E-state index contributed by atoms with van der Waals surface area (Å²) in [5, 5.41) is 4.73. The highest BCUT2D eigenvalue weighted by molar-refractivity contribution is 5.99. The summed E-state index contributed by atoms with van der Waals surface area (Å²) in [5.41, 5.74) is 4.13. The molecule has 0 saturated heterocycles. The highest BCUT2D eigenvalue weighted by Crippen LogP contribution is 2.39. The molecular weight excluding hydrogens is 381 g/mol. The monoisotopic (exact) mass is 402 g/mol. The molecule has 8 heteroatoms. The number of nitrogens with zero attached hydrogens (tertiary/aromatic N) is 4. The van der Waals surface area contributed by atoms with Gasteiger partial charge in [0.2, 0.25) is 0 Å². The third-order valence-electron chi connectivity index (χ3n) is 5.49. The van der Waals surface area contributed by atoms with Crippen LogP contribution in [0.1, 0.15) is 30.2 Å². The topological polar surface area (TPSA) is 51.0 Å². The van der Waals surface area contributed by atoms with Crippen LogP contribution in [0.2, 0.25) is 0 Å². The second kappa shape index (κ2) is 6.86. The third kappa shape index (κ3) is 3.16. The third-order valence-corrected chi connectivity index (χ3v) is 5.49. The van der Waals surface area contributed by atoms with Crippen LogP contribution in [0.4, 0.5) is 18.9 Å². The van der Waals surface area contributed by atoms with Gasteiger partial charge in [-0.1, -0.05) is 13.0 Å².